The van der Waals surface area contributed by atoms with Crippen LogP contribution in [0.5, 0.6) is 0 Å². The van der Waals surface area contributed by atoms with Crippen molar-refractivity contribution in [2.75, 3.05) is 0 Å². The van der Waals surface area contributed by atoms with E-state index in [4.69, 9.17) is 5.84 Å². The molecule has 0 heterocycles. The number of hydrazine groups is 1. The summed E-state index contributed by atoms with van der Waals surface area (Å²) in [6, 6.07) is 0.564. The summed E-state index contributed by atoms with van der Waals surface area (Å²) in [4.78, 5) is 0. The minimum Gasteiger partial charge on any atom is -0.271 e. The largest absolute Gasteiger partial charge is 0.271 e. The number of hydrogen-bond acceptors (Lipinski definition) is 2. The first kappa shape index (κ1) is 18.0. The Hall–Kier alpha value is -0.0800. The molecular weight excluding hydrogens is 244 g/mol. The molecule has 20 heavy (non-hydrogen) atoms. The topological polar surface area (TPSA) is 38.0 Å². The molecule has 1 unspecified atom stereocenters. The van der Waals surface area contributed by atoms with Crippen LogP contribution in [-0.2, 0) is 0 Å². The lowest BCUT2D eigenvalue weighted by Crippen LogP contribution is -2.42. The maximum absolute atomic E-state index is 5.81. The van der Waals surface area contributed by atoms with Crippen LogP contribution in [0.4, 0.5) is 0 Å². The maximum Gasteiger partial charge on any atom is 0.0238 e. The molecule has 0 bridgehead atoms. The quantitative estimate of drug-likeness (QED) is 0.335. The third-order valence-electron chi connectivity index (χ3n) is 5.41. The van der Waals surface area contributed by atoms with E-state index < -0.39 is 0 Å². The van der Waals surface area contributed by atoms with Gasteiger partial charge in [0.2, 0.25) is 0 Å². The highest BCUT2D eigenvalue weighted by molar-refractivity contribution is 4.81. The Kier molecular flexibility index (Phi) is 9.54. The maximum atomic E-state index is 5.81. The SMILES string of the molecule is CCCCCCCCC(NN)C1CCC(C(C)C)CC1. The number of unbranched alkanes of at least 4 members (excludes halogenated alkanes) is 5. The van der Waals surface area contributed by atoms with E-state index in [-0.39, 0.29) is 0 Å². The summed E-state index contributed by atoms with van der Waals surface area (Å²) in [5.74, 6) is 8.45. The van der Waals surface area contributed by atoms with Crippen molar-refractivity contribution in [1.29, 1.82) is 0 Å². The summed E-state index contributed by atoms with van der Waals surface area (Å²) in [5, 5.41) is 0. The molecule has 1 fully saturated rings. The number of nitrogens with two attached hydrogens (primary N) is 1. The van der Waals surface area contributed by atoms with Crippen LogP contribution in [0.25, 0.3) is 0 Å². The molecule has 0 aromatic rings. The molecule has 2 heteroatoms. The molecule has 0 aliphatic heterocycles. The first-order valence-corrected chi connectivity index (χ1v) is 9.15. The molecule has 0 saturated heterocycles. The van der Waals surface area contributed by atoms with Gasteiger partial charge >= 0.3 is 0 Å². The summed E-state index contributed by atoms with van der Waals surface area (Å²) < 4.78 is 0. The third-order valence-corrected chi connectivity index (χ3v) is 5.41. The van der Waals surface area contributed by atoms with Crippen molar-refractivity contribution in [1.82, 2.24) is 5.43 Å². The average molecular weight is 283 g/mol. The summed E-state index contributed by atoms with van der Waals surface area (Å²) in [6.45, 7) is 7.03. The molecule has 3 N–H and O–H groups in total. The molecule has 1 rings (SSSR count). The molecule has 0 amide bonds. The lowest BCUT2D eigenvalue weighted by atomic mass is 9.74. The van der Waals surface area contributed by atoms with Gasteiger partial charge in [0.05, 0.1) is 0 Å². The van der Waals surface area contributed by atoms with Gasteiger partial charge in [0, 0.05) is 6.04 Å². The Morgan fingerprint density at radius 2 is 1.45 bits per heavy atom. The number of hydrogen-bond donors (Lipinski definition) is 2. The highest BCUT2D eigenvalue weighted by Gasteiger charge is 2.27. The van der Waals surface area contributed by atoms with E-state index in [0.29, 0.717) is 6.04 Å². The van der Waals surface area contributed by atoms with E-state index in [2.05, 4.69) is 26.2 Å². The highest BCUT2D eigenvalue weighted by atomic mass is 15.2. The van der Waals surface area contributed by atoms with E-state index >= 15 is 0 Å². The fourth-order valence-corrected chi connectivity index (χ4v) is 3.81. The van der Waals surface area contributed by atoms with Crippen molar-refractivity contribution in [3.63, 3.8) is 0 Å². The van der Waals surface area contributed by atoms with Gasteiger partial charge in [0.1, 0.15) is 0 Å². The Morgan fingerprint density at radius 1 is 0.900 bits per heavy atom. The Balaban J connectivity index is 2.16. The molecule has 0 spiro atoms. The standard InChI is InChI=1S/C18H38N2/c1-4-5-6-7-8-9-10-18(20-19)17-13-11-16(12-14-17)15(2)3/h15-18,20H,4-14,19H2,1-3H3. The second kappa shape index (κ2) is 10.6. The molecule has 0 aromatic carbocycles. The van der Waals surface area contributed by atoms with Gasteiger partial charge in [-0.05, 0) is 49.9 Å². The van der Waals surface area contributed by atoms with Crippen LogP contribution in [0.2, 0.25) is 0 Å². The lowest BCUT2D eigenvalue weighted by molar-refractivity contribution is 0.182. The predicted octanol–water partition coefficient (Wildman–Crippen LogP) is 5.03. The zero-order valence-corrected chi connectivity index (χ0v) is 14.2. The fraction of sp³-hybridized carbons (Fsp3) is 1.00. The normalized spacial score (nSPS) is 25.1. The van der Waals surface area contributed by atoms with E-state index in [1.165, 1.54) is 70.6 Å². The number of rotatable bonds is 10. The van der Waals surface area contributed by atoms with Gasteiger partial charge in [-0.1, -0.05) is 59.3 Å². The van der Waals surface area contributed by atoms with Crippen LogP contribution in [-0.4, -0.2) is 6.04 Å². The molecule has 0 radical (unpaired) electrons. The van der Waals surface area contributed by atoms with Crippen LogP contribution in [0.15, 0.2) is 0 Å². The van der Waals surface area contributed by atoms with Crippen molar-refractivity contribution in [3.05, 3.63) is 0 Å². The van der Waals surface area contributed by atoms with Crippen molar-refractivity contribution in [2.45, 2.75) is 97.4 Å². The summed E-state index contributed by atoms with van der Waals surface area (Å²) in [6.07, 6.45) is 15.2. The molecule has 1 aliphatic carbocycles. The zero-order valence-electron chi connectivity index (χ0n) is 14.2. The van der Waals surface area contributed by atoms with Gasteiger partial charge in [-0.15, -0.1) is 0 Å². The summed E-state index contributed by atoms with van der Waals surface area (Å²) in [5.41, 5.74) is 3.12. The van der Waals surface area contributed by atoms with Crippen molar-refractivity contribution < 1.29 is 0 Å². The van der Waals surface area contributed by atoms with Crippen LogP contribution >= 0.6 is 0 Å². The third kappa shape index (κ3) is 6.58. The first-order chi connectivity index (χ1) is 9.69. The van der Waals surface area contributed by atoms with Crippen molar-refractivity contribution >= 4 is 0 Å². The van der Waals surface area contributed by atoms with Gasteiger partial charge in [0.25, 0.3) is 0 Å². The molecule has 1 atom stereocenters. The first-order valence-electron chi connectivity index (χ1n) is 9.15. The van der Waals surface area contributed by atoms with Gasteiger partial charge in [-0.25, -0.2) is 0 Å². The van der Waals surface area contributed by atoms with E-state index in [0.717, 1.165) is 17.8 Å². The van der Waals surface area contributed by atoms with Crippen LogP contribution in [0, 0.1) is 17.8 Å². The van der Waals surface area contributed by atoms with Crippen LogP contribution in [0.3, 0.4) is 0 Å². The van der Waals surface area contributed by atoms with Crippen LogP contribution < -0.4 is 11.3 Å². The van der Waals surface area contributed by atoms with Crippen LogP contribution in [0.1, 0.15) is 91.4 Å². The van der Waals surface area contributed by atoms with E-state index in [1.807, 2.05) is 0 Å². The average Bonchev–Trinajstić information content (AvgIpc) is 2.47. The Bertz CT molecular complexity index is 219. The molecular formula is C18H38N2. The monoisotopic (exact) mass is 282 g/mol. The molecule has 2 nitrogen and oxygen atoms in total. The second-order valence-corrected chi connectivity index (χ2v) is 7.25. The molecule has 0 aromatic heterocycles. The minimum absolute atomic E-state index is 0.564. The molecule has 120 valence electrons. The number of nitrogens with one attached hydrogen (secondary N) is 1. The van der Waals surface area contributed by atoms with Crippen molar-refractivity contribution in [2.24, 2.45) is 23.6 Å². The highest BCUT2D eigenvalue weighted by Crippen LogP contribution is 2.35. The second-order valence-electron chi connectivity index (χ2n) is 7.25. The Morgan fingerprint density at radius 3 is 2.00 bits per heavy atom. The van der Waals surface area contributed by atoms with Crippen molar-refractivity contribution in [3.8, 4) is 0 Å². The lowest BCUT2D eigenvalue weighted by Gasteiger charge is -2.35. The van der Waals surface area contributed by atoms with Gasteiger partial charge in [-0.2, -0.15) is 0 Å². The molecule has 1 aliphatic rings. The van der Waals surface area contributed by atoms with Gasteiger partial charge in [0.15, 0.2) is 0 Å². The minimum atomic E-state index is 0.564. The summed E-state index contributed by atoms with van der Waals surface area (Å²) in [7, 11) is 0. The Labute approximate surface area is 127 Å². The van der Waals surface area contributed by atoms with E-state index in [9.17, 15) is 0 Å². The zero-order chi connectivity index (χ0) is 14.8. The van der Waals surface area contributed by atoms with Gasteiger partial charge < -0.3 is 0 Å². The summed E-state index contributed by atoms with van der Waals surface area (Å²) >= 11 is 0. The molecule has 1 saturated carbocycles. The predicted molar refractivity (Wildman–Crippen MR) is 89.4 cm³/mol. The smallest absolute Gasteiger partial charge is 0.0238 e. The van der Waals surface area contributed by atoms with Gasteiger partial charge in [-0.3, -0.25) is 11.3 Å². The van der Waals surface area contributed by atoms with E-state index in [1.54, 1.807) is 0 Å². The fourth-order valence-electron chi connectivity index (χ4n) is 3.81.